The van der Waals surface area contributed by atoms with Crippen molar-refractivity contribution < 1.29 is 33.5 Å². The van der Waals surface area contributed by atoms with E-state index in [1.54, 1.807) is 6.92 Å². The molecule has 28 heavy (non-hydrogen) atoms. The summed E-state index contributed by atoms with van der Waals surface area (Å²) in [4.78, 5) is 47.8. The fraction of sp³-hybridized carbons (Fsp3) is 0.500. The molecule has 2 rings (SSSR count). The molecule has 0 bridgehead atoms. The number of piperidine rings is 1. The molecule has 1 heterocycles. The van der Waals surface area contributed by atoms with Gasteiger partial charge in [-0.25, -0.2) is 4.79 Å². The van der Waals surface area contributed by atoms with Crippen molar-refractivity contribution in [3.05, 3.63) is 33.9 Å². The number of hydrogen-bond donors (Lipinski definition) is 0. The second kappa shape index (κ2) is 9.67. The van der Waals surface area contributed by atoms with Crippen LogP contribution in [0, 0.1) is 16.0 Å². The van der Waals surface area contributed by atoms with Crippen molar-refractivity contribution in [1.82, 2.24) is 4.90 Å². The summed E-state index contributed by atoms with van der Waals surface area (Å²) in [5.74, 6) is -1.72. The fourth-order valence-corrected chi connectivity index (χ4v) is 2.90. The van der Waals surface area contributed by atoms with Gasteiger partial charge < -0.3 is 19.1 Å². The quantitative estimate of drug-likeness (QED) is 0.387. The zero-order valence-electron chi connectivity index (χ0n) is 15.7. The maximum atomic E-state index is 12.2. The Labute approximate surface area is 161 Å². The van der Waals surface area contributed by atoms with Crippen LogP contribution in [0.3, 0.4) is 0 Å². The zero-order valence-corrected chi connectivity index (χ0v) is 15.7. The first kappa shape index (κ1) is 21.1. The van der Waals surface area contributed by atoms with Crippen LogP contribution in [0.2, 0.25) is 0 Å². The maximum Gasteiger partial charge on any atom is 0.338 e. The standard InChI is InChI=1S/C18H22N2O8/c1-3-27-15-5-4-13(10-14(15)20(24)25)18(23)28-11-16(21)19-8-6-12(7-9-19)17(22)26-2/h4-5,10,12H,3,6-9,11H2,1-2H3. The second-order valence-electron chi connectivity index (χ2n) is 6.13. The number of carbonyl (C=O) groups is 3. The van der Waals surface area contributed by atoms with Gasteiger partial charge in [-0.3, -0.25) is 19.7 Å². The number of nitro benzene ring substituents is 1. The lowest BCUT2D eigenvalue weighted by Crippen LogP contribution is -2.42. The molecule has 1 aliphatic rings. The van der Waals surface area contributed by atoms with E-state index in [1.165, 1.54) is 24.1 Å². The van der Waals surface area contributed by atoms with Crippen molar-refractivity contribution in [3.8, 4) is 5.75 Å². The van der Waals surface area contributed by atoms with Crippen LogP contribution in [0.1, 0.15) is 30.1 Å². The minimum Gasteiger partial charge on any atom is -0.487 e. The number of hydrogen-bond acceptors (Lipinski definition) is 8. The summed E-state index contributed by atoms with van der Waals surface area (Å²) >= 11 is 0. The number of benzene rings is 1. The van der Waals surface area contributed by atoms with Gasteiger partial charge in [-0.2, -0.15) is 0 Å². The van der Waals surface area contributed by atoms with E-state index in [2.05, 4.69) is 0 Å². The first-order chi connectivity index (χ1) is 13.4. The highest BCUT2D eigenvalue weighted by Crippen LogP contribution is 2.28. The SMILES string of the molecule is CCOc1ccc(C(=O)OCC(=O)N2CCC(C(=O)OC)CC2)cc1[N+](=O)[O-]. The van der Waals surface area contributed by atoms with Crippen molar-refractivity contribution in [3.63, 3.8) is 0 Å². The Kier molecular flexibility index (Phi) is 7.30. The molecule has 0 N–H and O–H groups in total. The van der Waals surface area contributed by atoms with Gasteiger partial charge in [-0.05, 0) is 31.9 Å². The van der Waals surface area contributed by atoms with Crippen LogP contribution in [0.4, 0.5) is 5.69 Å². The Bertz CT molecular complexity index is 756. The van der Waals surface area contributed by atoms with E-state index in [-0.39, 0.29) is 35.5 Å². The minimum absolute atomic E-state index is 0.0487. The average molecular weight is 394 g/mol. The topological polar surface area (TPSA) is 125 Å². The van der Waals surface area contributed by atoms with Crippen LogP contribution in [-0.2, 0) is 19.1 Å². The van der Waals surface area contributed by atoms with Crippen LogP contribution in [-0.4, -0.2) is 61.1 Å². The Balaban J connectivity index is 1.91. The number of amides is 1. The molecule has 10 heteroatoms. The molecule has 1 aliphatic heterocycles. The number of nitro groups is 1. The summed E-state index contributed by atoms with van der Waals surface area (Å²) in [5.41, 5.74) is -0.403. The highest BCUT2D eigenvalue weighted by molar-refractivity contribution is 5.92. The van der Waals surface area contributed by atoms with E-state index in [0.717, 1.165) is 6.07 Å². The normalized spacial score (nSPS) is 14.3. The molecular weight excluding hydrogens is 372 g/mol. The van der Waals surface area contributed by atoms with Gasteiger partial charge in [-0.15, -0.1) is 0 Å². The highest BCUT2D eigenvalue weighted by atomic mass is 16.6. The molecule has 1 amide bonds. The van der Waals surface area contributed by atoms with Crippen molar-refractivity contribution in [1.29, 1.82) is 0 Å². The Hall–Kier alpha value is -3.17. The Morgan fingerprint density at radius 2 is 1.93 bits per heavy atom. The van der Waals surface area contributed by atoms with Crippen LogP contribution in [0.25, 0.3) is 0 Å². The molecular formula is C18H22N2O8. The van der Waals surface area contributed by atoms with E-state index in [0.29, 0.717) is 25.9 Å². The van der Waals surface area contributed by atoms with Crippen molar-refractivity contribution >= 4 is 23.5 Å². The molecule has 0 radical (unpaired) electrons. The Morgan fingerprint density at radius 3 is 2.50 bits per heavy atom. The lowest BCUT2D eigenvalue weighted by atomic mass is 9.97. The molecule has 152 valence electrons. The summed E-state index contributed by atoms with van der Waals surface area (Å²) in [6, 6.07) is 3.71. The third-order valence-electron chi connectivity index (χ3n) is 4.40. The number of nitrogens with zero attached hydrogens (tertiary/aromatic N) is 2. The van der Waals surface area contributed by atoms with Gasteiger partial charge in [-0.1, -0.05) is 0 Å². The predicted molar refractivity (Wildman–Crippen MR) is 95.9 cm³/mol. The van der Waals surface area contributed by atoms with Crippen molar-refractivity contribution in [2.24, 2.45) is 5.92 Å². The third-order valence-corrected chi connectivity index (χ3v) is 4.40. The molecule has 0 aromatic heterocycles. The average Bonchev–Trinajstić information content (AvgIpc) is 2.71. The molecule has 1 aromatic rings. The molecule has 10 nitrogen and oxygen atoms in total. The van der Waals surface area contributed by atoms with E-state index in [9.17, 15) is 24.5 Å². The van der Waals surface area contributed by atoms with Gasteiger partial charge in [0, 0.05) is 19.2 Å². The molecule has 0 unspecified atom stereocenters. The largest absolute Gasteiger partial charge is 0.487 e. The third kappa shape index (κ3) is 5.18. The number of rotatable bonds is 7. The van der Waals surface area contributed by atoms with Crippen LogP contribution >= 0.6 is 0 Å². The smallest absolute Gasteiger partial charge is 0.338 e. The van der Waals surface area contributed by atoms with Gasteiger partial charge in [0.05, 0.1) is 30.1 Å². The summed E-state index contributed by atoms with van der Waals surface area (Å²) < 4.78 is 14.8. The summed E-state index contributed by atoms with van der Waals surface area (Å²) in [5, 5.41) is 11.1. The van der Waals surface area contributed by atoms with Crippen LogP contribution < -0.4 is 4.74 Å². The zero-order chi connectivity index (χ0) is 20.7. The molecule has 1 saturated heterocycles. The Morgan fingerprint density at radius 1 is 1.25 bits per heavy atom. The second-order valence-corrected chi connectivity index (χ2v) is 6.13. The van der Waals surface area contributed by atoms with E-state index < -0.39 is 23.4 Å². The van der Waals surface area contributed by atoms with Crippen LogP contribution in [0.5, 0.6) is 5.75 Å². The molecule has 0 aliphatic carbocycles. The van der Waals surface area contributed by atoms with E-state index >= 15 is 0 Å². The van der Waals surface area contributed by atoms with Gasteiger partial charge in [0.25, 0.3) is 5.91 Å². The minimum atomic E-state index is -0.844. The maximum absolute atomic E-state index is 12.2. The van der Waals surface area contributed by atoms with E-state index in [1.807, 2.05) is 0 Å². The summed E-state index contributed by atoms with van der Waals surface area (Å²) in [6.07, 6.45) is 0.967. The lowest BCUT2D eigenvalue weighted by molar-refractivity contribution is -0.385. The molecule has 1 fully saturated rings. The fourth-order valence-electron chi connectivity index (χ4n) is 2.90. The first-order valence-corrected chi connectivity index (χ1v) is 8.81. The van der Waals surface area contributed by atoms with Crippen molar-refractivity contribution in [2.45, 2.75) is 19.8 Å². The first-order valence-electron chi connectivity index (χ1n) is 8.81. The van der Waals surface area contributed by atoms with Gasteiger partial charge in [0.15, 0.2) is 12.4 Å². The summed E-state index contributed by atoms with van der Waals surface area (Å²) in [7, 11) is 1.32. The predicted octanol–water partition coefficient (Wildman–Crippen LogP) is 1.56. The number of ether oxygens (including phenoxy) is 3. The number of carbonyl (C=O) groups excluding carboxylic acids is 3. The highest BCUT2D eigenvalue weighted by Gasteiger charge is 2.28. The van der Waals surface area contributed by atoms with E-state index in [4.69, 9.17) is 14.2 Å². The number of likely N-dealkylation sites (tertiary alicyclic amines) is 1. The monoisotopic (exact) mass is 394 g/mol. The number of methoxy groups -OCH3 is 1. The van der Waals surface area contributed by atoms with Crippen LogP contribution in [0.15, 0.2) is 18.2 Å². The molecule has 0 spiro atoms. The molecule has 0 saturated carbocycles. The lowest BCUT2D eigenvalue weighted by Gasteiger charge is -2.30. The van der Waals surface area contributed by atoms with Gasteiger partial charge in [0.1, 0.15) is 0 Å². The van der Waals surface area contributed by atoms with Gasteiger partial charge in [0.2, 0.25) is 0 Å². The van der Waals surface area contributed by atoms with Crippen molar-refractivity contribution in [2.75, 3.05) is 33.4 Å². The molecule has 1 aromatic carbocycles. The molecule has 0 atom stereocenters. The van der Waals surface area contributed by atoms with Gasteiger partial charge >= 0.3 is 17.6 Å². The summed E-state index contributed by atoms with van der Waals surface area (Å²) in [6.45, 7) is 2.18. The number of esters is 2.